The molecule has 2 heteroatoms. The van der Waals surface area contributed by atoms with E-state index in [1.807, 2.05) is 0 Å². The van der Waals surface area contributed by atoms with Crippen LogP contribution in [0.15, 0.2) is 23.4 Å². The van der Waals surface area contributed by atoms with Crippen LogP contribution in [-0.2, 0) is 4.79 Å². The van der Waals surface area contributed by atoms with Crippen LogP contribution in [0.4, 0.5) is 0 Å². The molecule has 4 aliphatic rings. The quantitative estimate of drug-likeness (QED) is 0.438. The fourth-order valence-corrected chi connectivity index (χ4v) is 6.72. The highest BCUT2D eigenvalue weighted by Gasteiger charge is 2.60. The molecule has 2 nitrogen and oxygen atoms in total. The lowest BCUT2D eigenvalue weighted by Gasteiger charge is -2.56. The first kappa shape index (κ1) is 15.2. The SMILES string of the molecule is [C-]#[N+]/C=C1/CC[C@H]2[C@@H]3CCC4=CCCC[C@]4(C)[C@H]3C(=O)C[C@]12C. The van der Waals surface area contributed by atoms with Gasteiger partial charge in [-0.1, -0.05) is 31.1 Å². The lowest BCUT2D eigenvalue weighted by atomic mass is 9.47. The lowest BCUT2D eigenvalue weighted by Crippen LogP contribution is -2.53. The van der Waals surface area contributed by atoms with E-state index in [1.54, 1.807) is 11.8 Å². The summed E-state index contributed by atoms with van der Waals surface area (Å²) in [7, 11) is 0. The third kappa shape index (κ3) is 1.95. The van der Waals surface area contributed by atoms with Crippen molar-refractivity contribution in [1.29, 1.82) is 0 Å². The van der Waals surface area contributed by atoms with Gasteiger partial charge in [-0.3, -0.25) is 4.79 Å². The standard InChI is InChI=1S/C21H27NO/c1-20-11-5-4-6-14(20)7-9-16-17-10-8-15(13-22-3)21(17,2)12-18(23)19(16)20/h6,13,16-17,19H,4-5,7-12H2,1-2H3/b15-13-/t16-,17-,19+,20-,21+/m0/s1. The minimum absolute atomic E-state index is 0.0327. The average molecular weight is 309 g/mol. The molecule has 4 aliphatic carbocycles. The van der Waals surface area contributed by atoms with E-state index >= 15 is 0 Å². The Morgan fingerprint density at radius 1 is 1.26 bits per heavy atom. The summed E-state index contributed by atoms with van der Waals surface area (Å²) in [5.74, 6) is 1.88. The molecule has 122 valence electrons. The average Bonchev–Trinajstić information content (AvgIpc) is 2.83. The third-order valence-corrected chi connectivity index (χ3v) is 7.79. The van der Waals surface area contributed by atoms with Gasteiger partial charge in [0.25, 0.3) is 0 Å². The zero-order chi connectivity index (χ0) is 16.2. The van der Waals surface area contributed by atoms with Crippen LogP contribution in [0.5, 0.6) is 0 Å². The molecule has 0 bridgehead atoms. The van der Waals surface area contributed by atoms with Gasteiger partial charge in [-0.25, -0.2) is 4.85 Å². The van der Waals surface area contributed by atoms with E-state index in [9.17, 15) is 4.79 Å². The Morgan fingerprint density at radius 2 is 2.09 bits per heavy atom. The van der Waals surface area contributed by atoms with Crippen molar-refractivity contribution >= 4 is 5.78 Å². The topological polar surface area (TPSA) is 21.4 Å². The highest BCUT2D eigenvalue weighted by molar-refractivity contribution is 5.85. The van der Waals surface area contributed by atoms with E-state index in [0.29, 0.717) is 24.0 Å². The zero-order valence-corrected chi connectivity index (χ0v) is 14.4. The van der Waals surface area contributed by atoms with Crippen LogP contribution >= 0.6 is 0 Å². The minimum Gasteiger partial charge on any atom is -0.299 e. The second-order valence-corrected chi connectivity index (χ2v) is 8.71. The van der Waals surface area contributed by atoms with Crippen molar-refractivity contribution in [3.8, 4) is 0 Å². The fraction of sp³-hybridized carbons (Fsp3) is 0.714. The van der Waals surface area contributed by atoms with Crippen molar-refractivity contribution < 1.29 is 4.79 Å². The second kappa shape index (κ2) is 5.07. The van der Waals surface area contributed by atoms with Gasteiger partial charge in [-0.15, -0.1) is 0 Å². The maximum Gasteiger partial charge on any atom is 0.154 e. The number of rotatable bonds is 0. The normalized spacial score (nSPS) is 47.3. The molecule has 0 saturated heterocycles. The van der Waals surface area contributed by atoms with E-state index < -0.39 is 0 Å². The summed E-state index contributed by atoms with van der Waals surface area (Å²) in [6.07, 6.45) is 13.1. The summed E-state index contributed by atoms with van der Waals surface area (Å²) in [4.78, 5) is 16.8. The van der Waals surface area contributed by atoms with Crippen LogP contribution in [0.2, 0.25) is 0 Å². The van der Waals surface area contributed by atoms with Crippen LogP contribution in [0, 0.1) is 35.2 Å². The van der Waals surface area contributed by atoms with Gasteiger partial charge in [0, 0.05) is 12.3 Å². The van der Waals surface area contributed by atoms with Gasteiger partial charge in [0.2, 0.25) is 0 Å². The molecule has 0 aromatic heterocycles. The van der Waals surface area contributed by atoms with Crippen LogP contribution in [0.3, 0.4) is 0 Å². The molecule has 0 aromatic rings. The number of ketones is 1. The maximum atomic E-state index is 13.3. The van der Waals surface area contributed by atoms with E-state index in [-0.39, 0.29) is 16.7 Å². The number of allylic oxidation sites excluding steroid dienone is 3. The lowest BCUT2D eigenvalue weighted by molar-refractivity contribution is -0.141. The zero-order valence-electron chi connectivity index (χ0n) is 14.4. The van der Waals surface area contributed by atoms with Crippen LogP contribution in [-0.4, -0.2) is 5.78 Å². The molecule has 0 aliphatic heterocycles. The molecule has 0 spiro atoms. The van der Waals surface area contributed by atoms with Crippen LogP contribution in [0.1, 0.15) is 65.2 Å². The van der Waals surface area contributed by atoms with Crippen LogP contribution in [0.25, 0.3) is 4.85 Å². The first-order valence-corrected chi connectivity index (χ1v) is 9.29. The van der Waals surface area contributed by atoms with E-state index in [0.717, 1.165) is 6.42 Å². The minimum atomic E-state index is -0.0327. The molecule has 0 radical (unpaired) electrons. The van der Waals surface area contributed by atoms with Gasteiger partial charge in [-0.2, -0.15) is 0 Å². The fourth-order valence-electron chi connectivity index (χ4n) is 6.72. The highest BCUT2D eigenvalue weighted by Crippen LogP contribution is 2.65. The number of nitrogens with zero attached hydrogens (tertiary/aromatic N) is 1. The summed E-state index contributed by atoms with van der Waals surface area (Å²) >= 11 is 0. The number of hydrogen-bond acceptors (Lipinski definition) is 1. The largest absolute Gasteiger partial charge is 0.299 e. The van der Waals surface area contributed by atoms with Crippen molar-refractivity contribution in [2.45, 2.75) is 65.2 Å². The number of carbonyl (C=O) groups excluding carboxylic acids is 1. The number of hydrogen-bond donors (Lipinski definition) is 0. The summed E-state index contributed by atoms with van der Waals surface area (Å²) in [6, 6.07) is 0. The molecule has 5 atom stereocenters. The van der Waals surface area contributed by atoms with Gasteiger partial charge < -0.3 is 0 Å². The third-order valence-electron chi connectivity index (χ3n) is 7.79. The van der Waals surface area contributed by atoms with Crippen molar-refractivity contribution in [2.24, 2.45) is 28.6 Å². The number of fused-ring (bicyclic) bond motifs is 5. The Hall–Kier alpha value is -1.36. The molecule has 0 N–H and O–H groups in total. The van der Waals surface area contributed by atoms with E-state index in [2.05, 4.69) is 24.8 Å². The Bertz CT molecular complexity index is 651. The Kier molecular flexibility index (Phi) is 3.34. The van der Waals surface area contributed by atoms with Crippen molar-refractivity contribution in [1.82, 2.24) is 0 Å². The summed E-state index contributed by atoms with van der Waals surface area (Å²) in [5.41, 5.74) is 2.93. The number of carbonyl (C=O) groups is 1. The van der Waals surface area contributed by atoms with Gasteiger partial charge in [0.15, 0.2) is 6.20 Å². The molecule has 4 rings (SSSR count). The predicted molar refractivity (Wildman–Crippen MR) is 91.4 cm³/mol. The number of Topliss-reactive ketones (excluding diaryl/α,β-unsaturated/α-hetero) is 1. The molecule has 0 unspecified atom stereocenters. The predicted octanol–water partition coefficient (Wildman–Crippen LogP) is 5.32. The van der Waals surface area contributed by atoms with Gasteiger partial charge in [0.1, 0.15) is 5.78 Å². The Labute approximate surface area is 139 Å². The Balaban J connectivity index is 1.75. The summed E-state index contributed by atoms with van der Waals surface area (Å²) in [6.45, 7) is 11.8. The molecule has 3 saturated carbocycles. The van der Waals surface area contributed by atoms with Crippen LogP contribution < -0.4 is 0 Å². The molecule has 3 fully saturated rings. The second-order valence-electron chi connectivity index (χ2n) is 8.71. The molecular weight excluding hydrogens is 282 g/mol. The molecule has 0 aromatic carbocycles. The van der Waals surface area contributed by atoms with Crippen molar-refractivity contribution in [2.75, 3.05) is 0 Å². The van der Waals surface area contributed by atoms with Crippen molar-refractivity contribution in [3.05, 3.63) is 34.8 Å². The smallest absolute Gasteiger partial charge is 0.154 e. The Morgan fingerprint density at radius 3 is 2.87 bits per heavy atom. The highest BCUT2D eigenvalue weighted by atomic mass is 16.1. The first-order chi connectivity index (χ1) is 11.0. The van der Waals surface area contributed by atoms with Gasteiger partial charge >= 0.3 is 0 Å². The maximum absolute atomic E-state index is 13.3. The van der Waals surface area contributed by atoms with Crippen molar-refractivity contribution in [3.63, 3.8) is 0 Å². The molecule has 23 heavy (non-hydrogen) atoms. The first-order valence-electron chi connectivity index (χ1n) is 9.29. The monoisotopic (exact) mass is 309 g/mol. The summed E-state index contributed by atoms with van der Waals surface area (Å²) in [5, 5.41) is 0. The molecule has 0 heterocycles. The van der Waals surface area contributed by atoms with E-state index in [4.69, 9.17) is 6.57 Å². The molecular formula is C21H27NO. The van der Waals surface area contributed by atoms with Gasteiger partial charge in [0.05, 0.1) is 6.57 Å². The van der Waals surface area contributed by atoms with E-state index in [1.165, 1.54) is 44.1 Å². The summed E-state index contributed by atoms with van der Waals surface area (Å²) < 4.78 is 0. The van der Waals surface area contributed by atoms with Gasteiger partial charge in [-0.05, 0) is 67.6 Å². The molecule has 0 amide bonds.